The lowest BCUT2D eigenvalue weighted by Crippen LogP contribution is -2.41. The molecule has 5 nitrogen and oxygen atoms in total. The van der Waals surface area contributed by atoms with Crippen molar-refractivity contribution >= 4 is 18.0 Å². The van der Waals surface area contributed by atoms with Gasteiger partial charge in [0.05, 0.1) is 12.7 Å². The lowest BCUT2D eigenvalue weighted by atomic mass is 10.1. The molecule has 2 rings (SSSR count). The van der Waals surface area contributed by atoms with Crippen LogP contribution in [0.4, 0.5) is 8.78 Å². The molecule has 0 atom stereocenters. The van der Waals surface area contributed by atoms with E-state index >= 15 is 0 Å². The van der Waals surface area contributed by atoms with Crippen LogP contribution in [-0.4, -0.2) is 24.8 Å². The van der Waals surface area contributed by atoms with Crippen molar-refractivity contribution in [3.63, 3.8) is 0 Å². The standard InChI is InChI=1S/C14H12F2O5/c1-14(2)20-12(17)8(13(18)21-14)6-7-9(15)4-5-10(19-3)11(7)16/h4-6H,1-3H3. The van der Waals surface area contributed by atoms with E-state index in [-0.39, 0.29) is 5.75 Å². The summed E-state index contributed by atoms with van der Waals surface area (Å²) in [6.07, 6.45) is 0.743. The molecule has 0 aromatic heterocycles. The lowest BCUT2D eigenvalue weighted by Gasteiger charge is -2.29. The molecular formula is C14H12F2O5. The molecule has 0 saturated carbocycles. The molecule has 1 saturated heterocycles. The fraction of sp³-hybridized carbons (Fsp3) is 0.286. The predicted molar refractivity (Wildman–Crippen MR) is 67.2 cm³/mol. The van der Waals surface area contributed by atoms with Gasteiger partial charge in [-0.2, -0.15) is 0 Å². The zero-order chi connectivity index (χ0) is 15.8. The highest BCUT2D eigenvalue weighted by Gasteiger charge is 2.39. The molecule has 0 spiro atoms. The number of cyclic esters (lactones) is 2. The molecule has 1 fully saturated rings. The number of halogens is 2. The maximum Gasteiger partial charge on any atom is 0.348 e. The average Bonchev–Trinajstić information content (AvgIpc) is 2.36. The summed E-state index contributed by atoms with van der Waals surface area (Å²) in [6, 6.07) is 2.05. The highest BCUT2D eigenvalue weighted by molar-refractivity contribution is 6.18. The van der Waals surface area contributed by atoms with Crippen LogP contribution >= 0.6 is 0 Å². The van der Waals surface area contributed by atoms with Crippen LogP contribution in [0.2, 0.25) is 0 Å². The monoisotopic (exact) mass is 298 g/mol. The molecule has 0 aliphatic carbocycles. The minimum atomic E-state index is -1.42. The molecule has 0 amide bonds. The van der Waals surface area contributed by atoms with Gasteiger partial charge in [0.15, 0.2) is 11.6 Å². The van der Waals surface area contributed by atoms with Crippen LogP contribution in [0.5, 0.6) is 5.75 Å². The number of methoxy groups -OCH3 is 1. The summed E-state index contributed by atoms with van der Waals surface area (Å²) < 4.78 is 42.1. The Labute approximate surface area is 119 Å². The number of hydrogen-bond acceptors (Lipinski definition) is 5. The summed E-state index contributed by atoms with van der Waals surface area (Å²) in [5.74, 6) is -5.66. The molecule has 7 heteroatoms. The molecular weight excluding hydrogens is 286 g/mol. The average molecular weight is 298 g/mol. The van der Waals surface area contributed by atoms with E-state index < -0.39 is 40.5 Å². The number of carbonyl (C=O) groups excluding carboxylic acids is 2. The number of hydrogen-bond donors (Lipinski definition) is 0. The van der Waals surface area contributed by atoms with E-state index in [1.54, 1.807) is 0 Å². The van der Waals surface area contributed by atoms with Gasteiger partial charge < -0.3 is 14.2 Å². The van der Waals surface area contributed by atoms with Gasteiger partial charge in [0, 0.05) is 13.8 Å². The van der Waals surface area contributed by atoms with Crippen molar-refractivity contribution in [2.24, 2.45) is 0 Å². The predicted octanol–water partition coefficient (Wildman–Crippen LogP) is 2.19. The van der Waals surface area contributed by atoms with Crippen molar-refractivity contribution in [2.45, 2.75) is 19.6 Å². The summed E-state index contributed by atoms with van der Waals surface area (Å²) in [5, 5.41) is 0. The van der Waals surface area contributed by atoms with Crippen LogP contribution in [0.1, 0.15) is 19.4 Å². The Hall–Kier alpha value is -2.44. The fourth-order valence-electron chi connectivity index (χ4n) is 1.76. The van der Waals surface area contributed by atoms with Crippen molar-refractivity contribution in [3.05, 3.63) is 34.9 Å². The Morgan fingerprint density at radius 1 is 1.14 bits per heavy atom. The van der Waals surface area contributed by atoms with Gasteiger partial charge in [-0.1, -0.05) is 0 Å². The van der Waals surface area contributed by atoms with E-state index in [2.05, 4.69) is 0 Å². The topological polar surface area (TPSA) is 61.8 Å². The quantitative estimate of drug-likeness (QED) is 0.476. The van der Waals surface area contributed by atoms with E-state index in [9.17, 15) is 18.4 Å². The first-order chi connectivity index (χ1) is 9.75. The zero-order valence-corrected chi connectivity index (χ0v) is 11.5. The van der Waals surface area contributed by atoms with E-state index in [0.29, 0.717) is 0 Å². The number of carbonyl (C=O) groups is 2. The minimum Gasteiger partial charge on any atom is -0.494 e. The first-order valence-electron chi connectivity index (χ1n) is 5.95. The second kappa shape index (κ2) is 5.16. The molecule has 1 aliphatic rings. The van der Waals surface area contributed by atoms with E-state index in [4.69, 9.17) is 14.2 Å². The zero-order valence-electron chi connectivity index (χ0n) is 11.5. The second-order valence-electron chi connectivity index (χ2n) is 4.71. The molecule has 0 bridgehead atoms. The van der Waals surface area contributed by atoms with Crippen molar-refractivity contribution in [1.82, 2.24) is 0 Å². The van der Waals surface area contributed by atoms with Gasteiger partial charge in [0.2, 0.25) is 0 Å². The van der Waals surface area contributed by atoms with Gasteiger partial charge in [-0.25, -0.2) is 18.4 Å². The maximum absolute atomic E-state index is 14.0. The van der Waals surface area contributed by atoms with Crippen molar-refractivity contribution in [1.29, 1.82) is 0 Å². The smallest absolute Gasteiger partial charge is 0.348 e. The highest BCUT2D eigenvalue weighted by atomic mass is 19.1. The Kier molecular flexibility index (Phi) is 3.67. The van der Waals surface area contributed by atoms with Crippen LogP contribution in [0, 0.1) is 11.6 Å². The maximum atomic E-state index is 14.0. The van der Waals surface area contributed by atoms with Gasteiger partial charge in [-0.15, -0.1) is 0 Å². The summed E-state index contributed by atoms with van der Waals surface area (Å²) in [6.45, 7) is 2.73. The second-order valence-corrected chi connectivity index (χ2v) is 4.71. The SMILES string of the molecule is COc1ccc(F)c(C=C2C(=O)OC(C)(C)OC2=O)c1F. The minimum absolute atomic E-state index is 0.221. The summed E-state index contributed by atoms with van der Waals surface area (Å²) in [4.78, 5) is 23.5. The summed E-state index contributed by atoms with van der Waals surface area (Å²) >= 11 is 0. The number of ether oxygens (including phenoxy) is 3. The molecule has 1 aromatic carbocycles. The number of esters is 2. The van der Waals surface area contributed by atoms with Crippen molar-refractivity contribution in [2.75, 3.05) is 7.11 Å². The van der Waals surface area contributed by atoms with Gasteiger partial charge in [0.25, 0.3) is 5.79 Å². The van der Waals surface area contributed by atoms with Crippen LogP contribution < -0.4 is 4.74 Å². The largest absolute Gasteiger partial charge is 0.494 e. The Morgan fingerprint density at radius 2 is 1.71 bits per heavy atom. The van der Waals surface area contributed by atoms with Crippen molar-refractivity contribution < 1.29 is 32.6 Å². The normalized spacial score (nSPS) is 17.1. The molecule has 0 N–H and O–H groups in total. The third kappa shape index (κ3) is 2.86. The van der Waals surface area contributed by atoms with E-state index in [1.807, 2.05) is 0 Å². The van der Waals surface area contributed by atoms with E-state index in [1.165, 1.54) is 21.0 Å². The van der Waals surface area contributed by atoms with Gasteiger partial charge in [-0.3, -0.25) is 0 Å². The van der Waals surface area contributed by atoms with Gasteiger partial charge in [0.1, 0.15) is 11.4 Å². The summed E-state index contributed by atoms with van der Waals surface area (Å²) in [5.41, 5.74) is -1.18. The van der Waals surface area contributed by atoms with Crippen LogP contribution in [0.25, 0.3) is 6.08 Å². The molecule has 1 aliphatic heterocycles. The molecule has 0 radical (unpaired) electrons. The highest BCUT2D eigenvalue weighted by Crippen LogP contribution is 2.28. The third-order valence-corrected chi connectivity index (χ3v) is 2.72. The third-order valence-electron chi connectivity index (χ3n) is 2.72. The summed E-state index contributed by atoms with van der Waals surface area (Å²) in [7, 11) is 1.21. The lowest BCUT2D eigenvalue weighted by molar-refractivity contribution is -0.222. The molecule has 1 aromatic rings. The molecule has 112 valence electrons. The molecule has 0 unspecified atom stereocenters. The first kappa shape index (κ1) is 15.0. The number of benzene rings is 1. The Bertz CT molecular complexity index is 627. The van der Waals surface area contributed by atoms with Gasteiger partial charge >= 0.3 is 11.9 Å². The number of rotatable bonds is 2. The first-order valence-corrected chi connectivity index (χ1v) is 5.95. The Morgan fingerprint density at radius 3 is 2.24 bits per heavy atom. The van der Waals surface area contributed by atoms with Crippen LogP contribution in [0.3, 0.4) is 0 Å². The van der Waals surface area contributed by atoms with E-state index in [0.717, 1.165) is 18.2 Å². The molecule has 21 heavy (non-hydrogen) atoms. The Balaban J connectivity index is 2.49. The van der Waals surface area contributed by atoms with Gasteiger partial charge in [-0.05, 0) is 18.2 Å². The molecule has 1 heterocycles. The van der Waals surface area contributed by atoms with Crippen LogP contribution in [-0.2, 0) is 19.1 Å². The van der Waals surface area contributed by atoms with Crippen molar-refractivity contribution in [3.8, 4) is 5.75 Å². The van der Waals surface area contributed by atoms with Crippen LogP contribution in [0.15, 0.2) is 17.7 Å². The fourth-order valence-corrected chi connectivity index (χ4v) is 1.76.